The molecular formula is C22H23N5OS3. The maximum absolute atomic E-state index is 12.4. The first-order valence-corrected chi connectivity index (χ1v) is 12.8. The van der Waals surface area contributed by atoms with Gasteiger partial charge >= 0.3 is 0 Å². The monoisotopic (exact) mass is 469 g/mol. The number of hydrogen-bond acceptors (Lipinski definition) is 7. The number of thiophene rings is 1. The Morgan fingerprint density at radius 2 is 2.03 bits per heavy atom. The van der Waals surface area contributed by atoms with Crippen LogP contribution in [-0.4, -0.2) is 31.4 Å². The summed E-state index contributed by atoms with van der Waals surface area (Å²) < 4.78 is 1.99. The van der Waals surface area contributed by atoms with Gasteiger partial charge in [0.1, 0.15) is 6.33 Å². The van der Waals surface area contributed by atoms with E-state index in [0.29, 0.717) is 5.13 Å². The zero-order valence-electron chi connectivity index (χ0n) is 17.2. The molecule has 0 radical (unpaired) electrons. The standard InChI is InChI=1S/C22H23N5OS3/c1-2-4-16-6-8-17(9-7-16)19-13-30-21(24-19)25-20(28)14-31-22-26-23-15-27(22)11-10-18-5-3-12-29-18/h3,5-9,12-13,15H,2,4,10-11,14H2,1H3,(H,24,25,28). The smallest absolute Gasteiger partial charge is 0.236 e. The van der Waals surface area contributed by atoms with Crippen molar-refractivity contribution in [1.29, 1.82) is 0 Å². The van der Waals surface area contributed by atoms with E-state index >= 15 is 0 Å². The Labute approximate surface area is 193 Å². The highest BCUT2D eigenvalue weighted by Gasteiger charge is 2.12. The van der Waals surface area contributed by atoms with Gasteiger partial charge in [0.05, 0.1) is 11.4 Å². The van der Waals surface area contributed by atoms with E-state index in [1.165, 1.54) is 33.5 Å². The average Bonchev–Trinajstić information content (AvgIpc) is 3.54. The fourth-order valence-electron chi connectivity index (χ4n) is 3.08. The third-order valence-electron chi connectivity index (χ3n) is 4.63. The van der Waals surface area contributed by atoms with Crippen LogP contribution in [-0.2, 0) is 24.2 Å². The minimum Gasteiger partial charge on any atom is -0.308 e. The molecule has 4 aromatic rings. The van der Waals surface area contributed by atoms with Gasteiger partial charge in [0.25, 0.3) is 0 Å². The summed E-state index contributed by atoms with van der Waals surface area (Å²) in [5.74, 6) is 0.162. The van der Waals surface area contributed by atoms with Crippen LogP contribution in [0.15, 0.2) is 58.6 Å². The van der Waals surface area contributed by atoms with Crippen LogP contribution in [0.2, 0.25) is 0 Å². The molecule has 0 aliphatic heterocycles. The fourth-order valence-corrected chi connectivity index (χ4v) is 5.25. The summed E-state index contributed by atoms with van der Waals surface area (Å²) in [6, 6.07) is 12.6. The van der Waals surface area contributed by atoms with Crippen molar-refractivity contribution in [3.63, 3.8) is 0 Å². The molecule has 0 unspecified atom stereocenters. The Hall–Kier alpha value is -2.49. The molecule has 0 bridgehead atoms. The van der Waals surface area contributed by atoms with E-state index in [9.17, 15) is 4.79 Å². The summed E-state index contributed by atoms with van der Waals surface area (Å²) in [4.78, 5) is 18.3. The number of nitrogens with zero attached hydrogens (tertiary/aromatic N) is 4. The molecule has 3 heterocycles. The van der Waals surface area contributed by atoms with E-state index in [1.807, 2.05) is 9.95 Å². The summed E-state index contributed by atoms with van der Waals surface area (Å²) in [5, 5.41) is 16.4. The first-order valence-electron chi connectivity index (χ1n) is 10.1. The van der Waals surface area contributed by atoms with Gasteiger partial charge in [-0.3, -0.25) is 4.79 Å². The van der Waals surface area contributed by atoms with Crippen molar-refractivity contribution < 1.29 is 4.79 Å². The van der Waals surface area contributed by atoms with Crippen LogP contribution in [0.4, 0.5) is 5.13 Å². The number of anilines is 1. The Morgan fingerprint density at radius 3 is 2.81 bits per heavy atom. The summed E-state index contributed by atoms with van der Waals surface area (Å²) in [6.07, 6.45) is 4.86. The molecule has 0 fully saturated rings. The fraction of sp³-hybridized carbons (Fsp3) is 0.273. The molecule has 1 N–H and O–H groups in total. The van der Waals surface area contributed by atoms with Gasteiger partial charge in [0.2, 0.25) is 5.91 Å². The summed E-state index contributed by atoms with van der Waals surface area (Å²) in [5.41, 5.74) is 3.27. The van der Waals surface area contributed by atoms with Crippen LogP contribution >= 0.6 is 34.4 Å². The summed E-state index contributed by atoms with van der Waals surface area (Å²) in [7, 11) is 0. The SMILES string of the molecule is CCCc1ccc(-c2csc(NC(=O)CSc3nncn3CCc3cccs3)n2)cc1. The van der Waals surface area contributed by atoms with Gasteiger partial charge < -0.3 is 9.88 Å². The van der Waals surface area contributed by atoms with Gasteiger partial charge in [0.15, 0.2) is 10.3 Å². The molecule has 9 heteroatoms. The maximum atomic E-state index is 12.4. The highest BCUT2D eigenvalue weighted by atomic mass is 32.2. The van der Waals surface area contributed by atoms with Gasteiger partial charge in [-0.05, 0) is 29.9 Å². The molecule has 0 atom stereocenters. The predicted molar refractivity (Wildman–Crippen MR) is 129 cm³/mol. The molecule has 0 spiro atoms. The highest BCUT2D eigenvalue weighted by molar-refractivity contribution is 7.99. The highest BCUT2D eigenvalue weighted by Crippen LogP contribution is 2.26. The van der Waals surface area contributed by atoms with Crippen molar-refractivity contribution in [3.8, 4) is 11.3 Å². The number of nitrogens with one attached hydrogen (secondary N) is 1. The molecule has 0 saturated heterocycles. The minimum atomic E-state index is -0.1000. The van der Waals surface area contributed by atoms with Gasteiger partial charge in [-0.2, -0.15) is 0 Å². The predicted octanol–water partition coefficient (Wildman–Crippen LogP) is 5.39. The molecule has 31 heavy (non-hydrogen) atoms. The molecule has 0 aliphatic carbocycles. The lowest BCUT2D eigenvalue weighted by molar-refractivity contribution is -0.113. The first-order chi connectivity index (χ1) is 15.2. The molecule has 1 amide bonds. The molecular weight excluding hydrogens is 446 g/mol. The third kappa shape index (κ3) is 6.03. The minimum absolute atomic E-state index is 0.1000. The Kier molecular flexibility index (Phi) is 7.50. The number of aryl methyl sites for hydroxylation is 3. The van der Waals surface area contributed by atoms with E-state index in [-0.39, 0.29) is 11.7 Å². The number of aromatic nitrogens is 4. The summed E-state index contributed by atoms with van der Waals surface area (Å²) >= 11 is 4.56. The van der Waals surface area contributed by atoms with Crippen LogP contribution in [0.1, 0.15) is 23.8 Å². The van der Waals surface area contributed by atoms with Crippen molar-refractivity contribution in [2.75, 3.05) is 11.1 Å². The van der Waals surface area contributed by atoms with Crippen molar-refractivity contribution in [3.05, 3.63) is 63.9 Å². The third-order valence-corrected chi connectivity index (χ3v) is 7.31. The number of amides is 1. The molecule has 0 saturated carbocycles. The number of rotatable bonds is 10. The topological polar surface area (TPSA) is 72.7 Å². The van der Waals surface area contributed by atoms with Crippen molar-refractivity contribution in [2.45, 2.75) is 37.9 Å². The number of benzene rings is 1. The van der Waals surface area contributed by atoms with Gasteiger partial charge in [-0.25, -0.2) is 4.98 Å². The van der Waals surface area contributed by atoms with Gasteiger partial charge in [-0.1, -0.05) is 55.4 Å². The Morgan fingerprint density at radius 1 is 1.16 bits per heavy atom. The Bertz CT molecular complexity index is 1100. The largest absolute Gasteiger partial charge is 0.308 e. The second kappa shape index (κ2) is 10.7. The van der Waals surface area contributed by atoms with Crippen molar-refractivity contribution in [1.82, 2.24) is 19.7 Å². The lowest BCUT2D eigenvalue weighted by Crippen LogP contribution is -2.14. The molecule has 6 nitrogen and oxygen atoms in total. The quantitative estimate of drug-likeness (QED) is 0.315. The Balaban J connectivity index is 1.28. The number of thiazole rings is 1. The van der Waals surface area contributed by atoms with Gasteiger partial charge in [0, 0.05) is 22.4 Å². The number of carbonyl (C=O) groups is 1. The summed E-state index contributed by atoms with van der Waals surface area (Å²) in [6.45, 7) is 2.97. The number of thioether (sulfide) groups is 1. The number of carbonyl (C=O) groups excluding carboxylic acids is 1. The van der Waals surface area contributed by atoms with E-state index < -0.39 is 0 Å². The number of hydrogen-bond donors (Lipinski definition) is 1. The van der Waals surface area contributed by atoms with Crippen LogP contribution in [0.5, 0.6) is 0 Å². The van der Waals surface area contributed by atoms with Crippen molar-refractivity contribution in [2.24, 2.45) is 0 Å². The lowest BCUT2D eigenvalue weighted by atomic mass is 10.1. The lowest BCUT2D eigenvalue weighted by Gasteiger charge is -2.05. The molecule has 0 aliphatic rings. The molecule has 4 rings (SSSR count). The molecule has 3 aromatic heterocycles. The second-order valence-electron chi connectivity index (χ2n) is 6.96. The molecule has 160 valence electrons. The zero-order chi connectivity index (χ0) is 21.5. The zero-order valence-corrected chi connectivity index (χ0v) is 19.6. The maximum Gasteiger partial charge on any atom is 0.236 e. The van der Waals surface area contributed by atoms with E-state index in [4.69, 9.17) is 0 Å². The first kappa shape index (κ1) is 21.7. The molecule has 1 aromatic carbocycles. The van der Waals surface area contributed by atoms with Crippen LogP contribution in [0, 0.1) is 0 Å². The van der Waals surface area contributed by atoms with Gasteiger partial charge in [-0.15, -0.1) is 32.9 Å². The second-order valence-corrected chi connectivity index (χ2v) is 9.79. The van der Waals surface area contributed by atoms with E-state index in [2.05, 4.69) is 69.2 Å². The van der Waals surface area contributed by atoms with Crippen molar-refractivity contribution >= 4 is 45.5 Å². The van der Waals surface area contributed by atoms with Crippen LogP contribution in [0.25, 0.3) is 11.3 Å². The van der Waals surface area contributed by atoms with Crippen LogP contribution in [0.3, 0.4) is 0 Å². The normalized spacial score (nSPS) is 11.0. The van der Waals surface area contributed by atoms with Crippen LogP contribution < -0.4 is 5.32 Å². The average molecular weight is 470 g/mol. The van der Waals surface area contributed by atoms with E-state index in [1.54, 1.807) is 17.7 Å². The van der Waals surface area contributed by atoms with E-state index in [0.717, 1.165) is 42.2 Å².